The maximum atomic E-state index is 4.64. The van der Waals surface area contributed by atoms with E-state index in [4.69, 9.17) is 0 Å². The Morgan fingerprint density at radius 1 is 1.03 bits per heavy atom. The highest BCUT2D eigenvalue weighted by molar-refractivity contribution is 5.99. The molecule has 5 heterocycles. The van der Waals surface area contributed by atoms with E-state index in [2.05, 4.69) is 73.0 Å². The van der Waals surface area contributed by atoms with Crippen molar-refractivity contribution < 1.29 is 0 Å². The summed E-state index contributed by atoms with van der Waals surface area (Å²) in [5.41, 5.74) is 8.45. The second kappa shape index (κ2) is 6.53. The number of aromatic amines is 2. The fourth-order valence-corrected chi connectivity index (χ4v) is 4.22. The zero-order valence-electron chi connectivity index (χ0n) is 15.9. The van der Waals surface area contributed by atoms with Crippen molar-refractivity contribution >= 4 is 33.1 Å². The smallest absolute Gasteiger partial charge is 0.138 e. The molecular weight excluding hydrogens is 360 g/mol. The Morgan fingerprint density at radius 3 is 2.90 bits per heavy atom. The first-order valence-electron chi connectivity index (χ1n) is 9.96. The molecule has 0 saturated carbocycles. The van der Waals surface area contributed by atoms with Crippen molar-refractivity contribution in [3.63, 3.8) is 0 Å². The van der Waals surface area contributed by atoms with Gasteiger partial charge in [-0.05, 0) is 54.3 Å². The molecule has 0 atom stereocenters. The molecule has 6 heteroatoms. The van der Waals surface area contributed by atoms with Gasteiger partial charge in [0.05, 0.1) is 23.1 Å². The Bertz CT molecular complexity index is 1330. The number of nitrogens with one attached hydrogen (secondary N) is 3. The summed E-state index contributed by atoms with van der Waals surface area (Å²) in [7, 11) is 0. The van der Waals surface area contributed by atoms with E-state index >= 15 is 0 Å². The van der Waals surface area contributed by atoms with Crippen LogP contribution in [0, 0.1) is 0 Å². The monoisotopic (exact) mass is 380 g/mol. The largest absolute Gasteiger partial charge is 0.338 e. The molecule has 0 radical (unpaired) electrons. The summed E-state index contributed by atoms with van der Waals surface area (Å²) in [6, 6.07) is 6.38. The van der Waals surface area contributed by atoms with Gasteiger partial charge in [0.25, 0.3) is 0 Å². The number of hydrogen-bond donors (Lipinski definition) is 3. The number of allylic oxidation sites excluding steroid dienone is 4. The van der Waals surface area contributed by atoms with E-state index in [9.17, 15) is 0 Å². The van der Waals surface area contributed by atoms with E-state index in [0.29, 0.717) is 0 Å². The minimum absolute atomic E-state index is 0.880. The molecule has 0 saturated heterocycles. The van der Waals surface area contributed by atoms with Crippen LogP contribution in [0.1, 0.15) is 24.1 Å². The highest BCUT2D eigenvalue weighted by Crippen LogP contribution is 2.33. The van der Waals surface area contributed by atoms with Crippen molar-refractivity contribution in [3.8, 4) is 11.4 Å². The molecule has 4 aromatic rings. The van der Waals surface area contributed by atoms with E-state index in [-0.39, 0.29) is 0 Å². The van der Waals surface area contributed by atoms with Crippen LogP contribution in [-0.4, -0.2) is 38.2 Å². The summed E-state index contributed by atoms with van der Waals surface area (Å²) in [5, 5.41) is 13.3. The third kappa shape index (κ3) is 2.72. The highest BCUT2D eigenvalue weighted by Gasteiger charge is 2.16. The number of fused-ring (bicyclic) bond motifs is 2. The minimum atomic E-state index is 0.880. The normalized spacial score (nSPS) is 16.6. The molecule has 142 valence electrons. The fraction of sp³-hybridized carbons (Fsp3) is 0.174. The van der Waals surface area contributed by atoms with Crippen LogP contribution in [0.4, 0.5) is 0 Å². The second-order valence-corrected chi connectivity index (χ2v) is 7.47. The molecule has 1 aliphatic carbocycles. The van der Waals surface area contributed by atoms with E-state index in [1.54, 1.807) is 0 Å². The number of hydrogen-bond acceptors (Lipinski definition) is 4. The van der Waals surface area contributed by atoms with Crippen molar-refractivity contribution in [1.82, 2.24) is 30.5 Å². The predicted octanol–water partition coefficient (Wildman–Crippen LogP) is 4.22. The van der Waals surface area contributed by atoms with Gasteiger partial charge >= 0.3 is 0 Å². The quantitative estimate of drug-likeness (QED) is 0.497. The molecule has 0 fully saturated rings. The molecule has 0 aromatic carbocycles. The van der Waals surface area contributed by atoms with Crippen LogP contribution in [0.15, 0.2) is 54.9 Å². The van der Waals surface area contributed by atoms with Crippen molar-refractivity contribution in [2.75, 3.05) is 13.1 Å². The lowest BCUT2D eigenvalue weighted by Gasteiger charge is -2.13. The molecule has 29 heavy (non-hydrogen) atoms. The van der Waals surface area contributed by atoms with Crippen molar-refractivity contribution in [3.05, 3.63) is 66.2 Å². The third-order valence-corrected chi connectivity index (χ3v) is 5.71. The molecule has 4 aromatic heterocycles. The first kappa shape index (κ1) is 16.4. The minimum Gasteiger partial charge on any atom is -0.338 e. The van der Waals surface area contributed by atoms with Gasteiger partial charge in [0.1, 0.15) is 11.3 Å². The van der Waals surface area contributed by atoms with Crippen LogP contribution in [0.25, 0.3) is 44.5 Å². The zero-order valence-corrected chi connectivity index (χ0v) is 15.9. The van der Waals surface area contributed by atoms with E-state index in [1.807, 2.05) is 12.4 Å². The van der Waals surface area contributed by atoms with E-state index < -0.39 is 0 Å². The van der Waals surface area contributed by atoms with Crippen molar-refractivity contribution in [1.29, 1.82) is 0 Å². The first-order chi connectivity index (χ1) is 14.4. The van der Waals surface area contributed by atoms with Crippen LogP contribution >= 0.6 is 0 Å². The van der Waals surface area contributed by atoms with Gasteiger partial charge in [0.2, 0.25) is 0 Å². The summed E-state index contributed by atoms with van der Waals surface area (Å²) in [6.07, 6.45) is 14.5. The maximum absolute atomic E-state index is 4.64. The van der Waals surface area contributed by atoms with Crippen molar-refractivity contribution in [2.24, 2.45) is 0 Å². The summed E-state index contributed by atoms with van der Waals surface area (Å²) >= 11 is 0. The van der Waals surface area contributed by atoms with Crippen molar-refractivity contribution in [2.45, 2.75) is 12.8 Å². The number of nitrogens with zero attached hydrogens (tertiary/aromatic N) is 3. The topological polar surface area (TPSA) is 82.3 Å². The van der Waals surface area contributed by atoms with Crippen LogP contribution in [-0.2, 0) is 0 Å². The van der Waals surface area contributed by atoms with E-state index in [1.165, 1.54) is 16.7 Å². The number of rotatable bonds is 3. The Kier molecular flexibility index (Phi) is 3.70. The average molecular weight is 380 g/mol. The lowest BCUT2D eigenvalue weighted by Crippen LogP contribution is -2.20. The maximum Gasteiger partial charge on any atom is 0.138 e. The summed E-state index contributed by atoms with van der Waals surface area (Å²) < 4.78 is 0. The number of H-pyrrole nitrogens is 2. The molecule has 6 rings (SSSR count). The predicted molar refractivity (Wildman–Crippen MR) is 116 cm³/mol. The summed E-state index contributed by atoms with van der Waals surface area (Å²) in [6.45, 7) is 1.89. The molecule has 0 unspecified atom stereocenters. The fourth-order valence-electron chi connectivity index (χ4n) is 4.22. The molecule has 1 aliphatic heterocycles. The van der Waals surface area contributed by atoms with Gasteiger partial charge < -0.3 is 10.3 Å². The van der Waals surface area contributed by atoms with Gasteiger partial charge in [0.15, 0.2) is 0 Å². The lowest BCUT2D eigenvalue weighted by molar-refractivity contribution is 0.737. The standard InChI is InChI=1S/C23H20N6/c1-2-4-14(3-1)16-7-10-25-23-17(16)11-20(27-23)22-18-12-19(15-5-8-24-9-6-15)26-13-21(18)28-29-22/h1,3-5,7,10-13,24H,2,6,8-9H2,(H,25,27)(H,28,29). The molecule has 0 amide bonds. The Morgan fingerprint density at radius 2 is 2.03 bits per heavy atom. The van der Waals surface area contributed by atoms with Gasteiger partial charge in [-0.1, -0.05) is 24.3 Å². The lowest BCUT2D eigenvalue weighted by atomic mass is 10.0. The number of aromatic nitrogens is 5. The molecular formula is C23H20N6. The van der Waals surface area contributed by atoms with E-state index in [0.717, 1.165) is 64.9 Å². The van der Waals surface area contributed by atoms with Gasteiger partial charge in [-0.25, -0.2) is 4.98 Å². The zero-order chi connectivity index (χ0) is 19.2. The summed E-state index contributed by atoms with van der Waals surface area (Å²) in [4.78, 5) is 12.6. The average Bonchev–Trinajstić information content (AvgIpc) is 3.52. The van der Waals surface area contributed by atoms with Crippen LogP contribution in [0.2, 0.25) is 0 Å². The molecule has 0 spiro atoms. The van der Waals surface area contributed by atoms with Crippen LogP contribution in [0.5, 0.6) is 0 Å². The molecule has 2 aliphatic rings. The van der Waals surface area contributed by atoms with Gasteiger partial charge in [0, 0.05) is 23.5 Å². The molecule has 0 bridgehead atoms. The molecule has 6 nitrogen and oxygen atoms in total. The first-order valence-corrected chi connectivity index (χ1v) is 9.96. The third-order valence-electron chi connectivity index (χ3n) is 5.71. The van der Waals surface area contributed by atoms with Gasteiger partial charge in [-0.15, -0.1) is 0 Å². The summed E-state index contributed by atoms with van der Waals surface area (Å²) in [5.74, 6) is 0. The van der Waals surface area contributed by atoms with Gasteiger partial charge in [-0.2, -0.15) is 5.10 Å². The number of pyridine rings is 2. The Balaban J connectivity index is 1.49. The van der Waals surface area contributed by atoms with Crippen LogP contribution < -0.4 is 5.32 Å². The Hall–Kier alpha value is -3.51. The van der Waals surface area contributed by atoms with Crippen LogP contribution in [0.3, 0.4) is 0 Å². The SMILES string of the molecule is C1=CC(c2ccnc3[nH]c(-c4n[nH]c5cnc(C6=CCNCC6)cc45)cc23)=CC1. The Labute approximate surface area is 167 Å². The molecule has 3 N–H and O–H groups in total. The van der Waals surface area contributed by atoms with Gasteiger partial charge in [-0.3, -0.25) is 10.1 Å². The second-order valence-electron chi connectivity index (χ2n) is 7.47. The highest BCUT2D eigenvalue weighted by atomic mass is 15.1.